The van der Waals surface area contributed by atoms with Crippen LogP contribution in [0.5, 0.6) is 0 Å². The fourth-order valence-electron chi connectivity index (χ4n) is 2.37. The maximum absolute atomic E-state index is 11.4. The lowest BCUT2D eigenvalue weighted by molar-refractivity contribution is 0.478. The number of halogens is 1. The Morgan fingerprint density at radius 3 is 2.71 bits per heavy atom. The quantitative estimate of drug-likeness (QED) is 0.897. The van der Waals surface area contributed by atoms with E-state index in [0.717, 1.165) is 11.1 Å². The zero-order valence-corrected chi connectivity index (χ0v) is 11.3. The molecule has 0 saturated carbocycles. The molecule has 1 saturated heterocycles. The molecule has 0 aromatic heterocycles. The number of sulfone groups is 1. The summed E-state index contributed by atoms with van der Waals surface area (Å²) in [5.41, 5.74) is 8.18. The molecular formula is C12H16ClNO2S. The van der Waals surface area contributed by atoms with E-state index in [1.54, 1.807) is 6.07 Å². The molecule has 1 aliphatic heterocycles. The molecule has 0 radical (unpaired) electrons. The normalized spacial score (nSPS) is 24.8. The second kappa shape index (κ2) is 4.59. The van der Waals surface area contributed by atoms with Gasteiger partial charge in [-0.1, -0.05) is 17.7 Å². The van der Waals surface area contributed by atoms with Crippen LogP contribution in [0.4, 0.5) is 0 Å². The van der Waals surface area contributed by atoms with E-state index >= 15 is 0 Å². The fourth-order valence-corrected chi connectivity index (χ4v) is 4.46. The first kappa shape index (κ1) is 12.9. The lowest BCUT2D eigenvalue weighted by Gasteiger charge is -2.20. The van der Waals surface area contributed by atoms with Crippen LogP contribution in [-0.2, 0) is 9.84 Å². The Bertz CT molecular complexity index is 527. The highest BCUT2D eigenvalue weighted by Gasteiger charge is 2.33. The van der Waals surface area contributed by atoms with Crippen molar-refractivity contribution in [1.82, 2.24) is 0 Å². The van der Waals surface area contributed by atoms with Crippen LogP contribution in [0.1, 0.15) is 23.6 Å². The van der Waals surface area contributed by atoms with Crippen LogP contribution < -0.4 is 5.73 Å². The SMILES string of the molecule is Cc1cc(Cl)ccc1C(N)C1CCS(=O)(=O)C1. The van der Waals surface area contributed by atoms with Gasteiger partial charge in [-0.05, 0) is 42.5 Å². The third kappa shape index (κ3) is 2.81. The predicted molar refractivity (Wildman–Crippen MR) is 69.9 cm³/mol. The van der Waals surface area contributed by atoms with E-state index in [-0.39, 0.29) is 23.5 Å². The van der Waals surface area contributed by atoms with Crippen molar-refractivity contribution in [3.8, 4) is 0 Å². The van der Waals surface area contributed by atoms with E-state index in [2.05, 4.69) is 0 Å². The highest BCUT2D eigenvalue weighted by Crippen LogP contribution is 2.31. The molecule has 2 N–H and O–H groups in total. The minimum Gasteiger partial charge on any atom is -0.324 e. The molecule has 17 heavy (non-hydrogen) atoms. The van der Waals surface area contributed by atoms with E-state index < -0.39 is 9.84 Å². The van der Waals surface area contributed by atoms with Gasteiger partial charge in [-0.2, -0.15) is 0 Å². The van der Waals surface area contributed by atoms with Gasteiger partial charge in [-0.15, -0.1) is 0 Å². The minimum absolute atomic E-state index is 0.0277. The maximum Gasteiger partial charge on any atom is 0.150 e. The molecule has 1 aromatic carbocycles. The van der Waals surface area contributed by atoms with Gasteiger partial charge in [0.1, 0.15) is 0 Å². The highest BCUT2D eigenvalue weighted by molar-refractivity contribution is 7.91. The van der Waals surface area contributed by atoms with Crippen molar-refractivity contribution < 1.29 is 8.42 Å². The summed E-state index contributed by atoms with van der Waals surface area (Å²) in [6.45, 7) is 1.95. The average Bonchev–Trinajstić information content (AvgIpc) is 2.58. The van der Waals surface area contributed by atoms with Crippen LogP contribution in [0.2, 0.25) is 5.02 Å². The van der Waals surface area contributed by atoms with E-state index in [9.17, 15) is 8.42 Å². The lowest BCUT2D eigenvalue weighted by atomic mass is 9.91. The second-order valence-corrected chi connectivity index (χ2v) is 7.35. The van der Waals surface area contributed by atoms with E-state index in [1.807, 2.05) is 19.1 Å². The van der Waals surface area contributed by atoms with Gasteiger partial charge in [0.25, 0.3) is 0 Å². The Kier molecular flexibility index (Phi) is 3.48. The van der Waals surface area contributed by atoms with E-state index in [0.29, 0.717) is 11.4 Å². The van der Waals surface area contributed by atoms with Crippen LogP contribution in [0.3, 0.4) is 0 Å². The second-order valence-electron chi connectivity index (χ2n) is 4.69. The van der Waals surface area contributed by atoms with E-state index in [4.69, 9.17) is 17.3 Å². The molecule has 1 aliphatic rings. The molecule has 1 fully saturated rings. The third-order valence-electron chi connectivity index (χ3n) is 3.37. The zero-order chi connectivity index (χ0) is 12.6. The number of nitrogens with two attached hydrogens (primary N) is 1. The summed E-state index contributed by atoms with van der Waals surface area (Å²) < 4.78 is 22.9. The summed E-state index contributed by atoms with van der Waals surface area (Å²) in [5, 5.41) is 0.678. The van der Waals surface area contributed by atoms with Crippen molar-refractivity contribution in [3.63, 3.8) is 0 Å². The molecule has 0 spiro atoms. The molecular weight excluding hydrogens is 258 g/mol. The Labute approximate surface area is 107 Å². The monoisotopic (exact) mass is 273 g/mol. The van der Waals surface area contributed by atoms with Gasteiger partial charge in [0.2, 0.25) is 0 Å². The molecule has 2 unspecified atom stereocenters. The summed E-state index contributed by atoms with van der Waals surface area (Å²) >= 11 is 5.89. The largest absolute Gasteiger partial charge is 0.324 e. The zero-order valence-electron chi connectivity index (χ0n) is 9.69. The van der Waals surface area contributed by atoms with Crippen molar-refractivity contribution >= 4 is 21.4 Å². The maximum atomic E-state index is 11.4. The lowest BCUT2D eigenvalue weighted by Crippen LogP contribution is -2.23. The van der Waals surface area contributed by atoms with Crippen LogP contribution in [-0.4, -0.2) is 19.9 Å². The molecule has 1 heterocycles. The van der Waals surface area contributed by atoms with Gasteiger partial charge in [0.05, 0.1) is 11.5 Å². The van der Waals surface area contributed by atoms with Crippen LogP contribution in [0, 0.1) is 12.8 Å². The Morgan fingerprint density at radius 1 is 1.47 bits per heavy atom. The molecule has 5 heteroatoms. The summed E-state index contributed by atoms with van der Waals surface area (Å²) in [7, 11) is -2.88. The van der Waals surface area contributed by atoms with Crippen LogP contribution in [0.15, 0.2) is 18.2 Å². The molecule has 0 amide bonds. The van der Waals surface area contributed by atoms with Crippen molar-refractivity contribution in [2.45, 2.75) is 19.4 Å². The smallest absolute Gasteiger partial charge is 0.150 e. The number of hydrogen-bond donors (Lipinski definition) is 1. The Balaban J connectivity index is 2.23. The summed E-state index contributed by atoms with van der Waals surface area (Å²) in [6.07, 6.45) is 0.658. The highest BCUT2D eigenvalue weighted by atomic mass is 35.5. The summed E-state index contributed by atoms with van der Waals surface area (Å²) in [4.78, 5) is 0. The minimum atomic E-state index is -2.88. The average molecular weight is 274 g/mol. The molecule has 2 rings (SSSR count). The Morgan fingerprint density at radius 2 is 2.18 bits per heavy atom. The Hall–Kier alpha value is -0.580. The van der Waals surface area contributed by atoms with Gasteiger partial charge in [0.15, 0.2) is 9.84 Å². The number of hydrogen-bond acceptors (Lipinski definition) is 3. The molecule has 1 aromatic rings. The first-order valence-corrected chi connectivity index (χ1v) is 7.81. The van der Waals surface area contributed by atoms with Gasteiger partial charge in [0, 0.05) is 11.1 Å². The van der Waals surface area contributed by atoms with Gasteiger partial charge >= 0.3 is 0 Å². The van der Waals surface area contributed by atoms with Gasteiger partial charge in [-0.25, -0.2) is 8.42 Å². The third-order valence-corrected chi connectivity index (χ3v) is 5.40. The van der Waals surface area contributed by atoms with Crippen LogP contribution >= 0.6 is 11.6 Å². The molecule has 3 nitrogen and oxygen atoms in total. The first-order chi connectivity index (χ1) is 7.89. The number of rotatable bonds is 2. The summed E-state index contributed by atoms with van der Waals surface area (Å²) in [5.74, 6) is 0.494. The van der Waals surface area contributed by atoms with Gasteiger partial charge < -0.3 is 5.73 Å². The predicted octanol–water partition coefficient (Wildman–Crippen LogP) is 2.08. The molecule has 0 aliphatic carbocycles. The molecule has 2 atom stereocenters. The fraction of sp³-hybridized carbons (Fsp3) is 0.500. The van der Waals surface area contributed by atoms with Crippen molar-refractivity contribution in [1.29, 1.82) is 0 Å². The van der Waals surface area contributed by atoms with Crippen molar-refractivity contribution in [3.05, 3.63) is 34.3 Å². The topological polar surface area (TPSA) is 60.2 Å². The number of benzene rings is 1. The standard InChI is InChI=1S/C12H16ClNO2S/c1-8-6-10(13)2-3-11(8)12(14)9-4-5-17(15,16)7-9/h2-3,6,9,12H,4-5,7,14H2,1H3. The molecule has 94 valence electrons. The van der Waals surface area contributed by atoms with E-state index in [1.165, 1.54) is 0 Å². The van der Waals surface area contributed by atoms with Crippen molar-refractivity contribution in [2.75, 3.05) is 11.5 Å². The van der Waals surface area contributed by atoms with Gasteiger partial charge in [-0.3, -0.25) is 0 Å². The first-order valence-electron chi connectivity index (χ1n) is 5.61. The number of aryl methyl sites for hydroxylation is 1. The van der Waals surface area contributed by atoms with Crippen LogP contribution in [0.25, 0.3) is 0 Å². The van der Waals surface area contributed by atoms with Crippen molar-refractivity contribution in [2.24, 2.45) is 11.7 Å². The summed E-state index contributed by atoms with van der Waals surface area (Å²) in [6, 6.07) is 5.34. The molecule has 0 bridgehead atoms.